The van der Waals surface area contributed by atoms with E-state index in [9.17, 15) is 9.59 Å². The number of aliphatic hydroxyl groups excluding tert-OH is 1. The van der Waals surface area contributed by atoms with Gasteiger partial charge in [-0.15, -0.1) is 0 Å². The van der Waals surface area contributed by atoms with Gasteiger partial charge in [-0.25, -0.2) is 4.79 Å². The van der Waals surface area contributed by atoms with Crippen molar-refractivity contribution in [2.24, 2.45) is 11.8 Å². The number of nitrogens with one attached hydrogen (secondary N) is 1. The zero-order valence-corrected chi connectivity index (χ0v) is 12.8. The largest absolute Gasteiger partial charge is 0.444 e. The Bertz CT molecular complexity index is 352. The van der Waals surface area contributed by atoms with Crippen LogP contribution in [0.25, 0.3) is 0 Å². The number of likely N-dealkylation sites (tertiary alicyclic amines) is 1. The van der Waals surface area contributed by atoms with Crippen molar-refractivity contribution < 1.29 is 19.4 Å². The fourth-order valence-corrected chi connectivity index (χ4v) is 2.17. The van der Waals surface area contributed by atoms with Crippen LogP contribution in [-0.4, -0.2) is 53.8 Å². The number of hydrogen-bond acceptors (Lipinski definition) is 4. The average molecular weight is 286 g/mol. The monoisotopic (exact) mass is 286 g/mol. The van der Waals surface area contributed by atoms with Gasteiger partial charge in [-0.2, -0.15) is 0 Å². The summed E-state index contributed by atoms with van der Waals surface area (Å²) in [5.41, 5.74) is -0.507. The Morgan fingerprint density at radius 2 is 2.20 bits per heavy atom. The number of hydrogen-bond donors (Lipinski definition) is 2. The molecule has 0 bridgehead atoms. The summed E-state index contributed by atoms with van der Waals surface area (Å²) < 4.78 is 5.15. The van der Waals surface area contributed by atoms with Gasteiger partial charge in [0.1, 0.15) is 5.60 Å². The lowest BCUT2D eigenvalue weighted by Crippen LogP contribution is -2.38. The molecule has 1 heterocycles. The molecule has 0 aromatic heterocycles. The van der Waals surface area contributed by atoms with Crippen LogP contribution in [0.1, 0.15) is 34.1 Å². The second-order valence-electron chi connectivity index (χ2n) is 6.54. The quantitative estimate of drug-likeness (QED) is 0.790. The van der Waals surface area contributed by atoms with Crippen LogP contribution < -0.4 is 5.32 Å². The van der Waals surface area contributed by atoms with Crippen molar-refractivity contribution in [3.63, 3.8) is 0 Å². The Morgan fingerprint density at radius 1 is 1.55 bits per heavy atom. The van der Waals surface area contributed by atoms with E-state index in [2.05, 4.69) is 5.32 Å². The third-order valence-electron chi connectivity index (χ3n) is 3.08. The molecule has 1 fully saturated rings. The molecule has 2 atom stereocenters. The molecule has 2 N–H and O–H groups in total. The lowest BCUT2D eigenvalue weighted by atomic mass is 10.1. The van der Waals surface area contributed by atoms with E-state index in [-0.39, 0.29) is 24.3 Å². The summed E-state index contributed by atoms with van der Waals surface area (Å²) in [5, 5.41) is 11.8. The normalized spacial score (nSPS) is 20.9. The van der Waals surface area contributed by atoms with Gasteiger partial charge in [0, 0.05) is 38.6 Å². The van der Waals surface area contributed by atoms with Gasteiger partial charge in [-0.05, 0) is 26.7 Å². The summed E-state index contributed by atoms with van der Waals surface area (Å²) in [7, 11) is 0. The maximum atomic E-state index is 11.7. The molecule has 6 heteroatoms. The van der Waals surface area contributed by atoms with E-state index in [0.29, 0.717) is 26.1 Å². The molecule has 1 saturated heterocycles. The minimum atomic E-state index is -0.507. The smallest absolute Gasteiger partial charge is 0.407 e. The molecule has 2 unspecified atom stereocenters. The number of aliphatic hydroxyl groups is 1. The topological polar surface area (TPSA) is 78.9 Å². The second-order valence-corrected chi connectivity index (χ2v) is 6.54. The van der Waals surface area contributed by atoms with Gasteiger partial charge in [0.05, 0.1) is 0 Å². The zero-order chi connectivity index (χ0) is 15.3. The van der Waals surface area contributed by atoms with E-state index in [1.165, 1.54) is 0 Å². The van der Waals surface area contributed by atoms with Crippen LogP contribution in [0.4, 0.5) is 4.79 Å². The lowest BCUT2D eigenvalue weighted by Gasteiger charge is -2.23. The Hall–Kier alpha value is -1.30. The number of carbonyl (C=O) groups excluding carboxylic acids is 2. The first kappa shape index (κ1) is 16.8. The molecule has 1 aliphatic rings. The van der Waals surface area contributed by atoms with Crippen LogP contribution in [0.2, 0.25) is 0 Å². The molecule has 0 radical (unpaired) electrons. The predicted molar refractivity (Wildman–Crippen MR) is 75.2 cm³/mol. The molecule has 0 aromatic rings. The predicted octanol–water partition coefficient (Wildman–Crippen LogP) is 0.988. The third-order valence-corrected chi connectivity index (χ3v) is 3.08. The van der Waals surface area contributed by atoms with Crippen molar-refractivity contribution in [1.29, 1.82) is 0 Å². The first-order chi connectivity index (χ1) is 9.21. The number of amides is 2. The van der Waals surface area contributed by atoms with Crippen LogP contribution in [-0.2, 0) is 9.53 Å². The zero-order valence-electron chi connectivity index (χ0n) is 12.8. The minimum absolute atomic E-state index is 0.0484. The van der Waals surface area contributed by atoms with Gasteiger partial charge in [-0.1, -0.05) is 6.92 Å². The summed E-state index contributed by atoms with van der Waals surface area (Å²) in [6.45, 7) is 9.11. The van der Waals surface area contributed by atoms with E-state index in [4.69, 9.17) is 9.84 Å². The van der Waals surface area contributed by atoms with Crippen molar-refractivity contribution >= 4 is 12.0 Å². The average Bonchev–Trinajstić information content (AvgIpc) is 2.65. The standard InChI is InChI=1S/C14H26N2O4/c1-10(6-15-13(19)20-14(2,3)4)7-16-8-11(9-17)5-12(16)18/h10-11,17H,5-9H2,1-4H3,(H,15,19). The second kappa shape index (κ2) is 6.92. The first-order valence-electron chi connectivity index (χ1n) is 7.06. The Morgan fingerprint density at radius 3 is 2.70 bits per heavy atom. The molecule has 116 valence electrons. The maximum Gasteiger partial charge on any atom is 0.407 e. The van der Waals surface area contributed by atoms with Crippen LogP contribution >= 0.6 is 0 Å². The summed E-state index contributed by atoms with van der Waals surface area (Å²) in [6.07, 6.45) is -0.0201. The highest BCUT2D eigenvalue weighted by Crippen LogP contribution is 2.18. The molecule has 0 aliphatic carbocycles. The first-order valence-corrected chi connectivity index (χ1v) is 7.06. The van der Waals surface area contributed by atoms with Gasteiger partial charge in [0.15, 0.2) is 0 Å². The molecule has 6 nitrogen and oxygen atoms in total. The van der Waals surface area contributed by atoms with Gasteiger partial charge < -0.3 is 20.1 Å². The van der Waals surface area contributed by atoms with Crippen molar-refractivity contribution in [2.75, 3.05) is 26.2 Å². The van der Waals surface area contributed by atoms with Gasteiger partial charge in [-0.3, -0.25) is 4.79 Å². The number of alkyl carbamates (subject to hydrolysis) is 1. The molecule has 0 aromatic carbocycles. The van der Waals surface area contributed by atoms with Crippen LogP contribution in [0.15, 0.2) is 0 Å². The molecule has 0 saturated carbocycles. The van der Waals surface area contributed by atoms with Gasteiger partial charge >= 0.3 is 6.09 Å². The number of rotatable bonds is 5. The summed E-state index contributed by atoms with van der Waals surface area (Å²) in [4.78, 5) is 25.0. The highest BCUT2D eigenvalue weighted by atomic mass is 16.6. The van der Waals surface area contributed by atoms with Crippen molar-refractivity contribution in [3.05, 3.63) is 0 Å². The van der Waals surface area contributed by atoms with Gasteiger partial charge in [0.25, 0.3) is 0 Å². The lowest BCUT2D eigenvalue weighted by molar-refractivity contribution is -0.128. The van der Waals surface area contributed by atoms with Crippen molar-refractivity contribution in [2.45, 2.75) is 39.7 Å². The SMILES string of the molecule is CC(CNC(=O)OC(C)(C)C)CN1CC(CO)CC1=O. The highest BCUT2D eigenvalue weighted by molar-refractivity contribution is 5.78. The van der Waals surface area contributed by atoms with E-state index < -0.39 is 11.7 Å². The number of ether oxygens (including phenoxy) is 1. The summed E-state index contributed by atoms with van der Waals surface area (Å²) >= 11 is 0. The molecule has 20 heavy (non-hydrogen) atoms. The van der Waals surface area contributed by atoms with E-state index in [1.807, 2.05) is 27.7 Å². The van der Waals surface area contributed by atoms with Crippen LogP contribution in [0, 0.1) is 11.8 Å². The van der Waals surface area contributed by atoms with Crippen LogP contribution in [0.5, 0.6) is 0 Å². The van der Waals surface area contributed by atoms with E-state index in [0.717, 1.165) is 0 Å². The van der Waals surface area contributed by atoms with E-state index in [1.54, 1.807) is 4.90 Å². The fourth-order valence-electron chi connectivity index (χ4n) is 2.17. The number of nitrogens with zero attached hydrogens (tertiary/aromatic N) is 1. The van der Waals surface area contributed by atoms with E-state index >= 15 is 0 Å². The third kappa shape index (κ3) is 5.77. The van der Waals surface area contributed by atoms with Gasteiger partial charge in [0.2, 0.25) is 5.91 Å². The van der Waals surface area contributed by atoms with Crippen molar-refractivity contribution in [3.8, 4) is 0 Å². The summed E-state index contributed by atoms with van der Waals surface area (Å²) in [6, 6.07) is 0. The molecule has 2 amide bonds. The molecular weight excluding hydrogens is 260 g/mol. The maximum absolute atomic E-state index is 11.7. The number of carbonyl (C=O) groups is 2. The molecule has 1 aliphatic heterocycles. The highest BCUT2D eigenvalue weighted by Gasteiger charge is 2.29. The molecular formula is C14H26N2O4. The Labute approximate surface area is 120 Å². The summed E-state index contributed by atoms with van der Waals surface area (Å²) in [5.74, 6) is 0.269. The Balaban J connectivity index is 2.28. The minimum Gasteiger partial charge on any atom is -0.444 e. The Kier molecular flexibility index (Phi) is 5.80. The fraction of sp³-hybridized carbons (Fsp3) is 0.857. The molecule has 0 spiro atoms. The molecule has 1 rings (SSSR count). The van der Waals surface area contributed by atoms with Crippen LogP contribution in [0.3, 0.4) is 0 Å². The van der Waals surface area contributed by atoms with Crippen molar-refractivity contribution in [1.82, 2.24) is 10.2 Å².